The fourth-order valence-electron chi connectivity index (χ4n) is 3.85. The van der Waals surface area contributed by atoms with Crippen molar-refractivity contribution in [3.05, 3.63) is 59.8 Å². The summed E-state index contributed by atoms with van der Waals surface area (Å²) in [7, 11) is 1.64. The number of hydrogen-bond acceptors (Lipinski definition) is 5. The molecule has 0 unspecified atom stereocenters. The van der Waals surface area contributed by atoms with Crippen molar-refractivity contribution in [1.29, 1.82) is 5.26 Å². The first kappa shape index (κ1) is 23.1. The number of methoxy groups -OCH3 is 1. The van der Waals surface area contributed by atoms with E-state index in [1.807, 2.05) is 55.5 Å². The van der Waals surface area contributed by atoms with Gasteiger partial charge in [0.25, 0.3) is 0 Å². The zero-order valence-electron chi connectivity index (χ0n) is 19.1. The molecule has 5 nitrogen and oxygen atoms in total. The zero-order valence-corrected chi connectivity index (χ0v) is 19.1. The smallest absolute Gasteiger partial charge is 0.142 e. The van der Waals surface area contributed by atoms with E-state index in [4.69, 9.17) is 15.2 Å². The molecule has 1 aromatic heterocycles. The summed E-state index contributed by atoms with van der Waals surface area (Å²) in [6.45, 7) is 4.84. The fourth-order valence-corrected chi connectivity index (χ4v) is 3.85. The topological polar surface area (TPSA) is 81.2 Å². The Bertz CT molecular complexity index is 1070. The van der Waals surface area contributed by atoms with Crippen molar-refractivity contribution >= 4 is 5.82 Å². The molecule has 0 atom stereocenters. The number of hydrogen-bond donors (Lipinski definition) is 1. The van der Waals surface area contributed by atoms with Crippen LogP contribution < -0.4 is 15.2 Å². The van der Waals surface area contributed by atoms with Gasteiger partial charge in [0.15, 0.2) is 0 Å². The van der Waals surface area contributed by atoms with Gasteiger partial charge in [0, 0.05) is 16.8 Å². The number of nitriles is 1. The lowest BCUT2D eigenvalue weighted by Crippen LogP contribution is -2.03. The minimum Gasteiger partial charge on any atom is -0.497 e. The Morgan fingerprint density at radius 1 is 0.875 bits per heavy atom. The van der Waals surface area contributed by atoms with E-state index in [2.05, 4.69) is 18.0 Å². The Kier molecular flexibility index (Phi) is 8.10. The summed E-state index contributed by atoms with van der Waals surface area (Å²) in [5, 5.41) is 9.85. The van der Waals surface area contributed by atoms with Crippen molar-refractivity contribution in [3.8, 4) is 39.8 Å². The van der Waals surface area contributed by atoms with Gasteiger partial charge in [-0.1, -0.05) is 56.9 Å². The van der Waals surface area contributed by atoms with Crippen LogP contribution in [0.4, 0.5) is 5.82 Å². The largest absolute Gasteiger partial charge is 0.497 e. The van der Waals surface area contributed by atoms with E-state index in [1.165, 1.54) is 25.7 Å². The fraction of sp³-hybridized carbons (Fsp3) is 0.333. The Labute approximate surface area is 190 Å². The summed E-state index contributed by atoms with van der Waals surface area (Å²) >= 11 is 0. The van der Waals surface area contributed by atoms with Gasteiger partial charge in [-0.15, -0.1) is 0 Å². The number of pyridine rings is 1. The highest BCUT2D eigenvalue weighted by atomic mass is 16.5. The highest BCUT2D eigenvalue weighted by Gasteiger charge is 2.19. The maximum absolute atomic E-state index is 9.85. The van der Waals surface area contributed by atoms with Crippen molar-refractivity contribution in [1.82, 2.24) is 4.98 Å². The summed E-state index contributed by atoms with van der Waals surface area (Å²) in [4.78, 5) is 4.44. The van der Waals surface area contributed by atoms with Crippen molar-refractivity contribution in [2.45, 2.75) is 46.0 Å². The molecule has 2 aromatic carbocycles. The maximum atomic E-state index is 9.85. The number of aryl methyl sites for hydroxylation is 1. The van der Waals surface area contributed by atoms with E-state index in [0.717, 1.165) is 45.9 Å². The summed E-state index contributed by atoms with van der Waals surface area (Å²) < 4.78 is 11.2. The maximum Gasteiger partial charge on any atom is 0.142 e. The number of aromatic nitrogens is 1. The normalized spacial score (nSPS) is 10.6. The van der Waals surface area contributed by atoms with Crippen LogP contribution in [0.1, 0.15) is 50.3 Å². The molecule has 3 aromatic rings. The predicted octanol–water partition coefficient (Wildman–Crippen LogP) is 6.54. The van der Waals surface area contributed by atoms with Gasteiger partial charge in [0.1, 0.15) is 28.9 Å². The number of anilines is 1. The second kappa shape index (κ2) is 11.2. The zero-order chi connectivity index (χ0) is 22.9. The van der Waals surface area contributed by atoms with E-state index in [9.17, 15) is 5.26 Å². The molecule has 0 aliphatic carbocycles. The lowest BCUT2D eigenvalue weighted by Gasteiger charge is -2.17. The number of ether oxygens (including phenoxy) is 2. The molecule has 0 saturated carbocycles. The first-order chi connectivity index (χ1) is 15.6. The lowest BCUT2D eigenvalue weighted by atomic mass is 9.90. The first-order valence-corrected chi connectivity index (χ1v) is 11.2. The minimum absolute atomic E-state index is 0.240. The first-order valence-electron chi connectivity index (χ1n) is 11.2. The molecule has 0 amide bonds. The number of nitrogens with zero attached hydrogens (tertiary/aromatic N) is 2. The molecule has 0 aliphatic rings. The van der Waals surface area contributed by atoms with E-state index in [-0.39, 0.29) is 5.82 Å². The van der Waals surface area contributed by atoms with E-state index in [1.54, 1.807) is 7.11 Å². The number of benzene rings is 2. The molecule has 0 fully saturated rings. The Balaban J connectivity index is 1.91. The second-order valence-electron chi connectivity index (χ2n) is 7.83. The van der Waals surface area contributed by atoms with Gasteiger partial charge >= 0.3 is 0 Å². The monoisotopic (exact) mass is 429 g/mol. The van der Waals surface area contributed by atoms with Crippen LogP contribution in [0.15, 0.2) is 48.5 Å². The van der Waals surface area contributed by atoms with Crippen LogP contribution in [0.3, 0.4) is 0 Å². The average Bonchev–Trinajstić information content (AvgIpc) is 2.81. The van der Waals surface area contributed by atoms with Crippen molar-refractivity contribution < 1.29 is 9.47 Å². The molecule has 2 N–H and O–H groups in total. The van der Waals surface area contributed by atoms with Crippen LogP contribution in [0.5, 0.6) is 11.5 Å². The Morgan fingerprint density at radius 3 is 2.06 bits per heavy atom. The summed E-state index contributed by atoms with van der Waals surface area (Å²) in [5.41, 5.74) is 10.8. The van der Waals surface area contributed by atoms with Crippen molar-refractivity contribution in [2.75, 3.05) is 19.5 Å². The third-order valence-corrected chi connectivity index (χ3v) is 5.56. The standard InChI is InChI=1S/C27H31N3O2/c1-4-5-6-7-8-17-32-23-15-11-21(12-16-23)26-24(18-28)27(29)30-19(2)25(26)20-9-13-22(31-3)14-10-20/h9-16H,4-8,17H2,1-3H3,(H2,29,30). The lowest BCUT2D eigenvalue weighted by molar-refractivity contribution is 0.304. The molecule has 1 heterocycles. The SMILES string of the molecule is CCCCCCCOc1ccc(-c2c(C#N)c(N)nc(C)c2-c2ccc(OC)cc2)cc1. The molecule has 5 heteroatoms. The number of unbranched alkanes of at least 4 members (excludes halogenated alkanes) is 4. The van der Waals surface area contributed by atoms with Crippen LogP contribution in [-0.2, 0) is 0 Å². The van der Waals surface area contributed by atoms with Gasteiger partial charge in [0.05, 0.1) is 13.7 Å². The number of nitrogen functional groups attached to an aromatic ring is 1. The van der Waals surface area contributed by atoms with E-state index in [0.29, 0.717) is 12.2 Å². The van der Waals surface area contributed by atoms with Crippen LogP contribution in [0.25, 0.3) is 22.3 Å². The minimum atomic E-state index is 0.240. The van der Waals surface area contributed by atoms with Gasteiger partial charge in [-0.05, 0) is 48.7 Å². The number of nitrogens with two attached hydrogens (primary N) is 1. The molecular formula is C27H31N3O2. The van der Waals surface area contributed by atoms with Crippen molar-refractivity contribution in [2.24, 2.45) is 0 Å². The molecule has 32 heavy (non-hydrogen) atoms. The predicted molar refractivity (Wildman–Crippen MR) is 130 cm³/mol. The van der Waals surface area contributed by atoms with Crippen LogP contribution >= 0.6 is 0 Å². The van der Waals surface area contributed by atoms with Crippen LogP contribution in [0.2, 0.25) is 0 Å². The van der Waals surface area contributed by atoms with Crippen LogP contribution in [0, 0.1) is 18.3 Å². The summed E-state index contributed by atoms with van der Waals surface area (Å²) in [6.07, 6.45) is 6.03. The van der Waals surface area contributed by atoms with Gasteiger partial charge < -0.3 is 15.2 Å². The molecule has 0 aliphatic heterocycles. The summed E-state index contributed by atoms with van der Waals surface area (Å²) in [5.74, 6) is 1.84. The number of rotatable bonds is 10. The average molecular weight is 430 g/mol. The molecule has 3 rings (SSSR count). The molecular weight excluding hydrogens is 398 g/mol. The third-order valence-electron chi connectivity index (χ3n) is 5.56. The van der Waals surface area contributed by atoms with Crippen LogP contribution in [-0.4, -0.2) is 18.7 Å². The molecule has 0 radical (unpaired) electrons. The molecule has 0 spiro atoms. The van der Waals surface area contributed by atoms with Gasteiger partial charge in [-0.3, -0.25) is 0 Å². The Hall–Kier alpha value is -3.52. The van der Waals surface area contributed by atoms with Crippen molar-refractivity contribution in [3.63, 3.8) is 0 Å². The van der Waals surface area contributed by atoms with Gasteiger partial charge in [0.2, 0.25) is 0 Å². The van der Waals surface area contributed by atoms with E-state index < -0.39 is 0 Å². The molecule has 166 valence electrons. The Morgan fingerprint density at radius 2 is 1.47 bits per heavy atom. The third kappa shape index (κ3) is 5.39. The highest BCUT2D eigenvalue weighted by Crippen LogP contribution is 2.39. The second-order valence-corrected chi connectivity index (χ2v) is 7.83. The molecule has 0 bridgehead atoms. The van der Waals surface area contributed by atoms with Gasteiger partial charge in [-0.25, -0.2) is 4.98 Å². The quantitative estimate of drug-likeness (QED) is 0.370. The molecule has 0 saturated heterocycles. The summed E-state index contributed by atoms with van der Waals surface area (Å²) in [6, 6.07) is 17.9. The van der Waals surface area contributed by atoms with Gasteiger partial charge in [-0.2, -0.15) is 5.26 Å². The van der Waals surface area contributed by atoms with E-state index >= 15 is 0 Å². The highest BCUT2D eigenvalue weighted by molar-refractivity contribution is 5.91.